The highest BCUT2D eigenvalue weighted by atomic mass is 35.5. The summed E-state index contributed by atoms with van der Waals surface area (Å²) in [6.07, 6.45) is -10.2. The van der Waals surface area contributed by atoms with Crippen molar-refractivity contribution in [3.63, 3.8) is 0 Å². The summed E-state index contributed by atoms with van der Waals surface area (Å²) in [5.41, 5.74) is -0.166. The first-order valence-electron chi connectivity index (χ1n) is 15.1. The Morgan fingerprint density at radius 1 is 0.959 bits per heavy atom. The lowest BCUT2D eigenvalue weighted by atomic mass is 9.94. The van der Waals surface area contributed by atoms with Crippen LogP contribution in [0.2, 0.25) is 5.02 Å². The molecular weight excluding hydrogens is 676 g/mol. The standard InChI is InChI=1S/C34H32ClF6N5O3/c1-18-15-25-28(17-45(18)30(48)22-9-14-27(35)26(16-22)34(39,40)41)43-32(44(4)19(2)20-5-10-23(11-6-20)33(36,37)38)46(31(25)49)24-12-7-21(8-13-24)29(47)42-3/h5-14,16,18-19,32,43H,15,17H2,1-4H3,(H,42,47)/t18-,19+,32?/m1/s1. The molecule has 2 heterocycles. The van der Waals surface area contributed by atoms with Crippen LogP contribution in [-0.4, -0.2) is 60.5 Å². The van der Waals surface area contributed by atoms with Crippen LogP contribution in [0, 0.1) is 0 Å². The normalized spacial score (nSPS) is 19.1. The van der Waals surface area contributed by atoms with Crippen molar-refractivity contribution in [1.82, 2.24) is 20.4 Å². The average Bonchev–Trinajstić information content (AvgIpc) is 3.06. The molecule has 0 saturated carbocycles. The van der Waals surface area contributed by atoms with Crippen molar-refractivity contribution in [1.29, 1.82) is 0 Å². The van der Waals surface area contributed by atoms with E-state index < -0.39 is 58.7 Å². The van der Waals surface area contributed by atoms with Crippen molar-refractivity contribution in [2.45, 2.75) is 51.0 Å². The highest BCUT2D eigenvalue weighted by Gasteiger charge is 2.43. The largest absolute Gasteiger partial charge is 0.417 e. The molecule has 15 heteroatoms. The third-order valence-corrected chi connectivity index (χ3v) is 9.21. The molecule has 0 fully saturated rings. The molecule has 3 atom stereocenters. The Labute approximate surface area is 283 Å². The fraction of sp³-hybridized carbons (Fsp3) is 0.324. The number of carbonyl (C=O) groups excluding carboxylic acids is 3. The molecule has 3 aromatic rings. The number of anilines is 1. The Hall–Kier alpha value is -4.56. The van der Waals surface area contributed by atoms with Crippen molar-refractivity contribution < 1.29 is 40.7 Å². The summed E-state index contributed by atoms with van der Waals surface area (Å²) in [5, 5.41) is 5.31. The summed E-state index contributed by atoms with van der Waals surface area (Å²) in [4.78, 5) is 44.7. The number of benzene rings is 3. The number of alkyl halides is 6. The summed E-state index contributed by atoms with van der Waals surface area (Å²) in [7, 11) is 3.15. The molecule has 0 bridgehead atoms. The minimum atomic E-state index is -4.78. The predicted molar refractivity (Wildman–Crippen MR) is 170 cm³/mol. The number of nitrogens with zero attached hydrogens (tertiary/aromatic N) is 3. The lowest BCUT2D eigenvalue weighted by Crippen LogP contribution is -2.64. The van der Waals surface area contributed by atoms with Gasteiger partial charge in [0.05, 0.1) is 22.7 Å². The smallest absolute Gasteiger partial charge is 0.355 e. The molecule has 0 aliphatic carbocycles. The van der Waals surface area contributed by atoms with E-state index in [1.807, 2.05) is 0 Å². The highest BCUT2D eigenvalue weighted by Crippen LogP contribution is 2.38. The Bertz CT molecular complexity index is 1790. The van der Waals surface area contributed by atoms with Crippen LogP contribution in [0.4, 0.5) is 32.0 Å². The highest BCUT2D eigenvalue weighted by molar-refractivity contribution is 6.31. The van der Waals surface area contributed by atoms with Gasteiger partial charge in [0.2, 0.25) is 0 Å². The van der Waals surface area contributed by atoms with Gasteiger partial charge in [-0.3, -0.25) is 24.2 Å². The first-order chi connectivity index (χ1) is 22.9. The third kappa shape index (κ3) is 7.11. The van der Waals surface area contributed by atoms with E-state index in [2.05, 4.69) is 10.6 Å². The summed E-state index contributed by atoms with van der Waals surface area (Å²) in [6.45, 7) is 3.31. The van der Waals surface area contributed by atoms with E-state index in [-0.39, 0.29) is 24.4 Å². The number of hydrogen-bond acceptors (Lipinski definition) is 5. The van der Waals surface area contributed by atoms with Crippen molar-refractivity contribution in [2.24, 2.45) is 0 Å². The van der Waals surface area contributed by atoms with Gasteiger partial charge in [0.1, 0.15) is 0 Å². The summed E-state index contributed by atoms with van der Waals surface area (Å²) in [5.74, 6) is -1.44. The maximum Gasteiger partial charge on any atom is 0.417 e. The number of hydrogen-bond donors (Lipinski definition) is 2. The SMILES string of the molecule is CNC(=O)c1ccc(N2C(=O)C3=C(CN(C(=O)c4ccc(Cl)c(C(F)(F)F)c4)[C@H](C)C3)NC2N(C)[C@@H](C)c2ccc(C(F)(F)F)cc2)cc1. The second-order valence-corrected chi connectivity index (χ2v) is 12.3. The molecule has 0 aromatic heterocycles. The van der Waals surface area contributed by atoms with Crippen molar-refractivity contribution in [3.05, 3.63) is 111 Å². The van der Waals surface area contributed by atoms with Gasteiger partial charge in [-0.2, -0.15) is 26.3 Å². The van der Waals surface area contributed by atoms with E-state index in [0.717, 1.165) is 18.2 Å². The molecule has 1 unspecified atom stereocenters. The zero-order chi connectivity index (χ0) is 36.0. The van der Waals surface area contributed by atoms with E-state index in [1.165, 1.54) is 35.0 Å². The van der Waals surface area contributed by atoms with Crippen LogP contribution in [0.1, 0.15) is 63.7 Å². The molecule has 0 saturated heterocycles. The van der Waals surface area contributed by atoms with Crippen molar-refractivity contribution in [3.8, 4) is 0 Å². The minimum absolute atomic E-state index is 0.0738. The fourth-order valence-corrected chi connectivity index (χ4v) is 6.17. The van der Waals surface area contributed by atoms with Crippen molar-refractivity contribution >= 4 is 35.0 Å². The molecule has 5 rings (SSSR count). The van der Waals surface area contributed by atoms with Crippen LogP contribution in [0.25, 0.3) is 0 Å². The fourth-order valence-electron chi connectivity index (χ4n) is 5.95. The second kappa shape index (κ2) is 13.4. The van der Waals surface area contributed by atoms with Gasteiger partial charge in [0.15, 0.2) is 6.29 Å². The van der Waals surface area contributed by atoms with Crippen molar-refractivity contribution in [2.75, 3.05) is 25.5 Å². The lowest BCUT2D eigenvalue weighted by molar-refractivity contribution is -0.138. The van der Waals surface area contributed by atoms with Gasteiger partial charge >= 0.3 is 12.4 Å². The van der Waals surface area contributed by atoms with Crippen LogP contribution in [0.5, 0.6) is 0 Å². The zero-order valence-corrected chi connectivity index (χ0v) is 27.5. The first-order valence-corrected chi connectivity index (χ1v) is 15.5. The number of carbonyl (C=O) groups is 3. The molecule has 3 aromatic carbocycles. The van der Waals surface area contributed by atoms with Gasteiger partial charge < -0.3 is 15.5 Å². The zero-order valence-electron chi connectivity index (χ0n) is 26.7. The van der Waals surface area contributed by atoms with Gasteiger partial charge in [-0.25, -0.2) is 0 Å². The molecule has 8 nitrogen and oxygen atoms in total. The predicted octanol–water partition coefficient (Wildman–Crippen LogP) is 6.84. The minimum Gasteiger partial charge on any atom is -0.355 e. The lowest BCUT2D eigenvalue weighted by Gasteiger charge is -2.48. The van der Waals surface area contributed by atoms with Gasteiger partial charge in [0.25, 0.3) is 17.7 Å². The van der Waals surface area contributed by atoms with E-state index in [0.29, 0.717) is 34.2 Å². The third-order valence-electron chi connectivity index (χ3n) is 8.88. The Morgan fingerprint density at radius 2 is 1.57 bits per heavy atom. The molecule has 2 N–H and O–H groups in total. The summed E-state index contributed by atoms with van der Waals surface area (Å²) < 4.78 is 80.4. The molecule has 0 radical (unpaired) electrons. The van der Waals surface area contributed by atoms with E-state index in [4.69, 9.17) is 11.6 Å². The monoisotopic (exact) mass is 707 g/mol. The first kappa shape index (κ1) is 35.7. The Morgan fingerprint density at radius 3 is 2.14 bits per heavy atom. The number of amides is 3. The quantitative estimate of drug-likeness (QED) is 0.274. The van der Waals surface area contributed by atoms with Crippen LogP contribution in [0.3, 0.4) is 0 Å². The Kier molecular flexibility index (Phi) is 9.77. The van der Waals surface area contributed by atoms with Gasteiger partial charge in [0, 0.05) is 47.2 Å². The molecule has 2 aliphatic rings. The van der Waals surface area contributed by atoms with Crippen LogP contribution in [0.15, 0.2) is 78.0 Å². The molecule has 49 heavy (non-hydrogen) atoms. The number of halogens is 7. The molecule has 260 valence electrons. The van der Waals surface area contributed by atoms with E-state index in [1.54, 1.807) is 50.1 Å². The molecule has 2 aliphatic heterocycles. The van der Waals surface area contributed by atoms with Gasteiger partial charge in [-0.05, 0) is 87.5 Å². The van der Waals surface area contributed by atoms with E-state index >= 15 is 0 Å². The molecule has 0 spiro atoms. The second-order valence-electron chi connectivity index (χ2n) is 11.9. The summed E-state index contributed by atoms with van der Waals surface area (Å²) in [6, 6.07) is 12.7. The van der Waals surface area contributed by atoms with Gasteiger partial charge in [-0.15, -0.1) is 0 Å². The van der Waals surface area contributed by atoms with Crippen LogP contribution < -0.4 is 15.5 Å². The van der Waals surface area contributed by atoms with E-state index in [9.17, 15) is 40.7 Å². The summed E-state index contributed by atoms with van der Waals surface area (Å²) >= 11 is 5.77. The Balaban J connectivity index is 1.51. The molecule has 3 amide bonds. The topological polar surface area (TPSA) is 85.0 Å². The maximum absolute atomic E-state index is 14.3. The molecular formula is C34H32ClF6N5O3. The maximum atomic E-state index is 14.3. The average molecular weight is 708 g/mol. The van der Waals surface area contributed by atoms with Gasteiger partial charge in [-0.1, -0.05) is 23.7 Å². The van der Waals surface area contributed by atoms with Crippen LogP contribution in [-0.2, 0) is 17.1 Å². The van der Waals surface area contributed by atoms with Crippen LogP contribution >= 0.6 is 11.6 Å². The number of nitrogens with one attached hydrogen (secondary N) is 2. The number of rotatable bonds is 6.